The Morgan fingerprint density at radius 1 is 1.29 bits per heavy atom. The van der Waals surface area contributed by atoms with Crippen LogP contribution in [0.4, 0.5) is 0 Å². The highest BCUT2D eigenvalue weighted by molar-refractivity contribution is 9.10. The third-order valence-corrected chi connectivity index (χ3v) is 3.90. The highest BCUT2D eigenvalue weighted by Crippen LogP contribution is 2.32. The standard InChI is InChI=1S/C16H15BrClNO2/c1-9(2)13-6-14(18)10(3)4-15(13)21-16(20)11-5-12(17)8-19-7-11/h4-9H,1-3H3. The minimum Gasteiger partial charge on any atom is -0.423 e. The Labute approximate surface area is 137 Å². The van der Waals surface area contributed by atoms with E-state index in [1.165, 1.54) is 6.20 Å². The smallest absolute Gasteiger partial charge is 0.345 e. The summed E-state index contributed by atoms with van der Waals surface area (Å²) in [6.45, 7) is 5.93. The minimum absolute atomic E-state index is 0.200. The van der Waals surface area contributed by atoms with Gasteiger partial charge in [0, 0.05) is 21.9 Å². The Balaban J connectivity index is 2.35. The number of halogens is 2. The summed E-state index contributed by atoms with van der Waals surface area (Å²) in [5.74, 6) is 0.302. The van der Waals surface area contributed by atoms with Gasteiger partial charge in [0.05, 0.1) is 5.56 Å². The van der Waals surface area contributed by atoms with E-state index in [0.29, 0.717) is 16.3 Å². The minimum atomic E-state index is -0.438. The number of nitrogens with zero attached hydrogens (tertiary/aromatic N) is 1. The van der Waals surface area contributed by atoms with Crippen molar-refractivity contribution in [1.82, 2.24) is 4.98 Å². The SMILES string of the molecule is Cc1cc(OC(=O)c2cncc(Br)c2)c(C(C)C)cc1Cl. The summed E-state index contributed by atoms with van der Waals surface area (Å²) < 4.78 is 6.26. The molecule has 1 aromatic carbocycles. The molecule has 1 heterocycles. The zero-order valence-corrected chi connectivity index (χ0v) is 14.3. The van der Waals surface area contributed by atoms with Crippen LogP contribution < -0.4 is 4.74 Å². The maximum atomic E-state index is 12.2. The molecule has 0 saturated carbocycles. The summed E-state index contributed by atoms with van der Waals surface area (Å²) in [5.41, 5.74) is 2.17. The molecule has 0 N–H and O–H groups in total. The molecule has 0 unspecified atom stereocenters. The molecule has 0 amide bonds. The average Bonchev–Trinajstić information content (AvgIpc) is 2.42. The molecule has 0 aliphatic carbocycles. The van der Waals surface area contributed by atoms with E-state index in [1.807, 2.05) is 26.8 Å². The molecule has 0 spiro atoms. The van der Waals surface area contributed by atoms with Crippen molar-refractivity contribution in [3.05, 3.63) is 56.8 Å². The number of benzene rings is 1. The molecular formula is C16H15BrClNO2. The lowest BCUT2D eigenvalue weighted by Crippen LogP contribution is -2.11. The Morgan fingerprint density at radius 2 is 2.00 bits per heavy atom. The van der Waals surface area contributed by atoms with E-state index in [0.717, 1.165) is 15.6 Å². The molecule has 2 aromatic rings. The van der Waals surface area contributed by atoms with Crippen molar-refractivity contribution in [3.8, 4) is 5.75 Å². The van der Waals surface area contributed by atoms with Crippen LogP contribution >= 0.6 is 27.5 Å². The molecule has 3 nitrogen and oxygen atoms in total. The van der Waals surface area contributed by atoms with Gasteiger partial charge >= 0.3 is 5.97 Å². The molecule has 0 fully saturated rings. The van der Waals surface area contributed by atoms with E-state index < -0.39 is 5.97 Å². The van der Waals surface area contributed by atoms with Crippen LogP contribution in [0.25, 0.3) is 0 Å². The molecule has 0 aliphatic heterocycles. The monoisotopic (exact) mass is 367 g/mol. The van der Waals surface area contributed by atoms with Crippen molar-refractivity contribution in [3.63, 3.8) is 0 Å². The lowest BCUT2D eigenvalue weighted by atomic mass is 10.0. The maximum Gasteiger partial charge on any atom is 0.345 e. The van der Waals surface area contributed by atoms with Gasteiger partial charge in [0.25, 0.3) is 0 Å². The van der Waals surface area contributed by atoms with Crippen LogP contribution in [0.1, 0.15) is 41.3 Å². The fraction of sp³-hybridized carbons (Fsp3) is 0.250. The summed E-state index contributed by atoms with van der Waals surface area (Å²) >= 11 is 9.43. The molecule has 0 bridgehead atoms. The average molecular weight is 369 g/mol. The molecule has 5 heteroatoms. The van der Waals surface area contributed by atoms with E-state index in [9.17, 15) is 4.79 Å². The summed E-state index contributed by atoms with van der Waals surface area (Å²) in [6.07, 6.45) is 3.09. The van der Waals surface area contributed by atoms with Crippen molar-refractivity contribution >= 4 is 33.5 Å². The summed E-state index contributed by atoms with van der Waals surface area (Å²) in [6, 6.07) is 5.32. The van der Waals surface area contributed by atoms with E-state index in [-0.39, 0.29) is 5.92 Å². The van der Waals surface area contributed by atoms with Crippen LogP contribution in [0.3, 0.4) is 0 Å². The van der Waals surface area contributed by atoms with E-state index in [1.54, 1.807) is 18.3 Å². The van der Waals surface area contributed by atoms with Crippen LogP contribution in [0.2, 0.25) is 5.02 Å². The Hall–Kier alpha value is -1.39. The number of aryl methyl sites for hydroxylation is 1. The van der Waals surface area contributed by atoms with Crippen molar-refractivity contribution in [2.75, 3.05) is 0 Å². The third kappa shape index (κ3) is 3.83. The summed E-state index contributed by atoms with van der Waals surface area (Å²) in [4.78, 5) is 16.2. The van der Waals surface area contributed by atoms with Crippen molar-refractivity contribution < 1.29 is 9.53 Å². The predicted molar refractivity (Wildman–Crippen MR) is 87.2 cm³/mol. The topological polar surface area (TPSA) is 39.2 Å². The molecule has 0 saturated heterocycles. The second-order valence-electron chi connectivity index (χ2n) is 5.08. The molecule has 21 heavy (non-hydrogen) atoms. The lowest BCUT2D eigenvalue weighted by Gasteiger charge is -2.14. The van der Waals surface area contributed by atoms with Gasteiger partial charge in [-0.25, -0.2) is 4.79 Å². The number of rotatable bonds is 3. The van der Waals surface area contributed by atoms with Crippen molar-refractivity contribution in [2.45, 2.75) is 26.7 Å². The lowest BCUT2D eigenvalue weighted by molar-refractivity contribution is 0.0732. The van der Waals surface area contributed by atoms with Crippen LogP contribution in [0.15, 0.2) is 35.1 Å². The van der Waals surface area contributed by atoms with Crippen LogP contribution in [0, 0.1) is 6.92 Å². The van der Waals surface area contributed by atoms with Gasteiger partial charge in [-0.3, -0.25) is 4.98 Å². The Bertz CT molecular complexity index is 686. The molecule has 0 aliphatic rings. The maximum absolute atomic E-state index is 12.2. The zero-order chi connectivity index (χ0) is 15.6. The predicted octanol–water partition coefficient (Wildman–Crippen LogP) is 5.15. The van der Waals surface area contributed by atoms with Crippen LogP contribution in [-0.2, 0) is 0 Å². The van der Waals surface area contributed by atoms with Crippen molar-refractivity contribution in [2.24, 2.45) is 0 Å². The normalized spacial score (nSPS) is 10.8. The van der Waals surface area contributed by atoms with Gasteiger partial charge in [-0.15, -0.1) is 0 Å². The van der Waals surface area contributed by atoms with Gasteiger partial charge < -0.3 is 4.74 Å². The van der Waals surface area contributed by atoms with Crippen molar-refractivity contribution in [1.29, 1.82) is 0 Å². The zero-order valence-electron chi connectivity index (χ0n) is 12.0. The Morgan fingerprint density at radius 3 is 2.62 bits per heavy atom. The second kappa shape index (κ2) is 6.58. The van der Waals surface area contributed by atoms with Gasteiger partial charge in [0.2, 0.25) is 0 Å². The number of esters is 1. The van der Waals surface area contributed by atoms with Gasteiger partial charge in [-0.05, 0) is 58.1 Å². The first-order valence-electron chi connectivity index (χ1n) is 6.51. The van der Waals surface area contributed by atoms with E-state index in [4.69, 9.17) is 16.3 Å². The number of pyridine rings is 1. The molecule has 2 rings (SSSR count). The molecular weight excluding hydrogens is 354 g/mol. The van der Waals surface area contributed by atoms with Gasteiger partial charge in [-0.2, -0.15) is 0 Å². The fourth-order valence-corrected chi connectivity index (χ4v) is 2.43. The summed E-state index contributed by atoms with van der Waals surface area (Å²) in [5, 5.41) is 0.669. The number of aromatic nitrogens is 1. The second-order valence-corrected chi connectivity index (χ2v) is 6.40. The van der Waals surface area contributed by atoms with E-state index in [2.05, 4.69) is 20.9 Å². The highest BCUT2D eigenvalue weighted by atomic mass is 79.9. The van der Waals surface area contributed by atoms with Gasteiger partial charge in [0.1, 0.15) is 5.75 Å². The van der Waals surface area contributed by atoms with E-state index >= 15 is 0 Å². The molecule has 0 atom stereocenters. The number of carbonyl (C=O) groups excluding carboxylic acids is 1. The van der Waals surface area contributed by atoms with Gasteiger partial charge in [-0.1, -0.05) is 25.4 Å². The molecule has 110 valence electrons. The van der Waals surface area contributed by atoms with Gasteiger partial charge in [0.15, 0.2) is 0 Å². The molecule has 1 aromatic heterocycles. The number of hydrogen-bond acceptors (Lipinski definition) is 3. The summed E-state index contributed by atoms with van der Waals surface area (Å²) in [7, 11) is 0. The Kier molecular flexibility index (Phi) is 5.01. The van der Waals surface area contributed by atoms with Crippen LogP contribution in [0.5, 0.6) is 5.75 Å². The number of hydrogen-bond donors (Lipinski definition) is 0. The largest absolute Gasteiger partial charge is 0.423 e. The first-order valence-corrected chi connectivity index (χ1v) is 7.68. The fourth-order valence-electron chi connectivity index (χ4n) is 1.89. The third-order valence-electron chi connectivity index (χ3n) is 3.06. The number of carbonyl (C=O) groups is 1. The van der Waals surface area contributed by atoms with Crippen LogP contribution in [-0.4, -0.2) is 11.0 Å². The first kappa shape index (κ1) is 16.0. The highest BCUT2D eigenvalue weighted by Gasteiger charge is 2.16. The first-order chi connectivity index (χ1) is 9.88. The number of ether oxygens (including phenoxy) is 1. The molecule has 0 radical (unpaired) electrons. The quantitative estimate of drug-likeness (QED) is 0.555.